The Kier molecular flexibility index (Phi) is 3.45. The summed E-state index contributed by atoms with van der Waals surface area (Å²) in [5.41, 5.74) is 1.47. The number of aryl methyl sites for hydroxylation is 1. The molecule has 1 N–H and O–H groups in total. The third kappa shape index (κ3) is 2.48. The molecular weight excluding hydrogens is 258 g/mol. The summed E-state index contributed by atoms with van der Waals surface area (Å²) < 4.78 is 0. The number of aromatic carboxylic acids is 1. The van der Waals surface area contributed by atoms with Crippen LogP contribution in [0, 0.1) is 0 Å². The van der Waals surface area contributed by atoms with Gasteiger partial charge in [0.1, 0.15) is 9.88 Å². The van der Waals surface area contributed by atoms with E-state index < -0.39 is 5.97 Å². The van der Waals surface area contributed by atoms with Crippen LogP contribution in [-0.4, -0.2) is 16.1 Å². The van der Waals surface area contributed by atoms with Crippen molar-refractivity contribution in [1.29, 1.82) is 0 Å². The normalized spacial score (nSPS) is 10.5. The molecule has 1 aromatic heterocycles. The van der Waals surface area contributed by atoms with Gasteiger partial charge in [0.2, 0.25) is 0 Å². The summed E-state index contributed by atoms with van der Waals surface area (Å²) in [6.07, 6.45) is 0.610. The highest BCUT2D eigenvalue weighted by atomic mass is 35.5. The Morgan fingerprint density at radius 3 is 2.82 bits per heavy atom. The summed E-state index contributed by atoms with van der Waals surface area (Å²) >= 11 is 7.08. The third-order valence-corrected chi connectivity index (χ3v) is 3.67. The number of hydrogen-bond acceptors (Lipinski definition) is 3. The van der Waals surface area contributed by atoms with Crippen LogP contribution in [0.15, 0.2) is 24.3 Å². The van der Waals surface area contributed by atoms with E-state index in [1.807, 2.05) is 19.1 Å². The first kappa shape index (κ1) is 12.1. The standard InChI is InChI=1S/C12H10ClNO2S/c1-2-9-10(12(15)16)17-11(14-9)7-4-3-5-8(13)6-7/h3-6H,2H2,1H3,(H,15,16). The zero-order valence-corrected chi connectivity index (χ0v) is 10.7. The minimum absolute atomic E-state index is 0.308. The fourth-order valence-electron chi connectivity index (χ4n) is 1.50. The maximum Gasteiger partial charge on any atom is 0.347 e. The molecule has 0 aliphatic heterocycles. The zero-order valence-electron chi connectivity index (χ0n) is 9.11. The summed E-state index contributed by atoms with van der Waals surface area (Å²) in [6.45, 7) is 1.89. The van der Waals surface area contributed by atoms with Crippen molar-refractivity contribution < 1.29 is 9.90 Å². The van der Waals surface area contributed by atoms with Crippen molar-refractivity contribution in [3.05, 3.63) is 39.9 Å². The van der Waals surface area contributed by atoms with Crippen molar-refractivity contribution in [1.82, 2.24) is 4.98 Å². The molecule has 0 spiro atoms. The molecule has 0 amide bonds. The Balaban J connectivity index is 2.50. The quantitative estimate of drug-likeness (QED) is 0.922. The van der Waals surface area contributed by atoms with E-state index in [4.69, 9.17) is 16.7 Å². The molecule has 0 aliphatic carbocycles. The highest BCUT2D eigenvalue weighted by Crippen LogP contribution is 2.29. The lowest BCUT2D eigenvalue weighted by molar-refractivity contribution is 0.0701. The highest BCUT2D eigenvalue weighted by Gasteiger charge is 2.16. The van der Waals surface area contributed by atoms with E-state index in [9.17, 15) is 4.79 Å². The minimum atomic E-state index is -0.923. The molecule has 3 nitrogen and oxygen atoms in total. The number of thiazole rings is 1. The highest BCUT2D eigenvalue weighted by molar-refractivity contribution is 7.17. The molecule has 0 fully saturated rings. The Morgan fingerprint density at radius 1 is 1.53 bits per heavy atom. The fourth-order valence-corrected chi connectivity index (χ4v) is 2.68. The Hall–Kier alpha value is -1.39. The monoisotopic (exact) mass is 267 g/mol. The molecule has 0 saturated heterocycles. The Bertz CT molecular complexity index is 565. The van der Waals surface area contributed by atoms with Crippen LogP contribution in [0.1, 0.15) is 22.3 Å². The molecule has 0 aliphatic rings. The van der Waals surface area contributed by atoms with Crippen LogP contribution in [0.25, 0.3) is 10.6 Å². The lowest BCUT2D eigenvalue weighted by Crippen LogP contribution is -1.97. The average Bonchev–Trinajstić information content (AvgIpc) is 2.73. The summed E-state index contributed by atoms with van der Waals surface area (Å²) in [5, 5.41) is 10.4. The number of carboxylic acid groups (broad SMARTS) is 1. The summed E-state index contributed by atoms with van der Waals surface area (Å²) in [7, 11) is 0. The van der Waals surface area contributed by atoms with Gasteiger partial charge in [-0.2, -0.15) is 0 Å². The Morgan fingerprint density at radius 2 is 2.29 bits per heavy atom. The molecule has 1 aromatic carbocycles. The molecule has 0 unspecified atom stereocenters. The van der Waals surface area contributed by atoms with Gasteiger partial charge in [-0.3, -0.25) is 0 Å². The Labute approximate surface area is 108 Å². The summed E-state index contributed by atoms with van der Waals surface area (Å²) in [5.74, 6) is -0.923. The molecule has 0 atom stereocenters. The predicted octanol–water partition coefficient (Wildman–Crippen LogP) is 3.72. The number of halogens is 1. The second-order valence-corrected chi connectivity index (χ2v) is 4.90. The van der Waals surface area contributed by atoms with Crippen molar-refractivity contribution in [2.24, 2.45) is 0 Å². The van der Waals surface area contributed by atoms with Gasteiger partial charge in [0.15, 0.2) is 0 Å². The van der Waals surface area contributed by atoms with Gasteiger partial charge in [0.25, 0.3) is 0 Å². The summed E-state index contributed by atoms with van der Waals surface area (Å²) in [4.78, 5) is 15.7. The average molecular weight is 268 g/mol. The lowest BCUT2D eigenvalue weighted by Gasteiger charge is -1.95. The van der Waals surface area contributed by atoms with E-state index >= 15 is 0 Å². The van der Waals surface area contributed by atoms with Gasteiger partial charge < -0.3 is 5.11 Å². The summed E-state index contributed by atoms with van der Waals surface area (Å²) in [6, 6.07) is 7.25. The second-order valence-electron chi connectivity index (χ2n) is 3.46. The fraction of sp³-hybridized carbons (Fsp3) is 0.167. The second kappa shape index (κ2) is 4.85. The van der Waals surface area contributed by atoms with Crippen LogP contribution in [0.2, 0.25) is 5.02 Å². The number of benzene rings is 1. The molecule has 0 saturated carbocycles. The third-order valence-electron chi connectivity index (χ3n) is 2.30. The van der Waals surface area contributed by atoms with Gasteiger partial charge >= 0.3 is 5.97 Å². The molecule has 5 heteroatoms. The molecule has 88 valence electrons. The molecule has 2 rings (SSSR count). The molecule has 0 bridgehead atoms. The van der Waals surface area contributed by atoms with Crippen LogP contribution in [0.5, 0.6) is 0 Å². The number of hydrogen-bond donors (Lipinski definition) is 1. The van der Waals surface area contributed by atoms with Crippen LogP contribution in [0.3, 0.4) is 0 Å². The van der Waals surface area contributed by atoms with Crippen LogP contribution in [0.4, 0.5) is 0 Å². The number of rotatable bonds is 3. The van der Waals surface area contributed by atoms with E-state index in [0.717, 1.165) is 5.56 Å². The maximum absolute atomic E-state index is 11.0. The van der Waals surface area contributed by atoms with Crippen LogP contribution in [-0.2, 0) is 6.42 Å². The first-order valence-electron chi connectivity index (χ1n) is 5.10. The largest absolute Gasteiger partial charge is 0.477 e. The number of aromatic nitrogens is 1. The first-order chi connectivity index (χ1) is 8.11. The van der Waals surface area contributed by atoms with Gasteiger partial charge in [0, 0.05) is 10.6 Å². The van der Waals surface area contributed by atoms with Crippen LogP contribution < -0.4 is 0 Å². The minimum Gasteiger partial charge on any atom is -0.477 e. The van der Waals surface area contributed by atoms with Gasteiger partial charge in [-0.05, 0) is 18.6 Å². The molecule has 1 heterocycles. The van der Waals surface area contributed by atoms with Crippen molar-refractivity contribution in [3.8, 4) is 10.6 Å². The lowest BCUT2D eigenvalue weighted by atomic mass is 10.2. The van der Waals surface area contributed by atoms with E-state index in [1.54, 1.807) is 12.1 Å². The zero-order chi connectivity index (χ0) is 12.4. The van der Waals surface area contributed by atoms with Gasteiger partial charge in [-0.25, -0.2) is 9.78 Å². The molecular formula is C12H10ClNO2S. The van der Waals surface area contributed by atoms with Crippen molar-refractivity contribution in [2.45, 2.75) is 13.3 Å². The van der Waals surface area contributed by atoms with Gasteiger partial charge in [-0.1, -0.05) is 30.7 Å². The van der Waals surface area contributed by atoms with E-state index in [0.29, 0.717) is 27.0 Å². The smallest absolute Gasteiger partial charge is 0.347 e. The van der Waals surface area contributed by atoms with Crippen molar-refractivity contribution in [2.75, 3.05) is 0 Å². The predicted molar refractivity (Wildman–Crippen MR) is 68.9 cm³/mol. The van der Waals surface area contributed by atoms with Gasteiger partial charge in [-0.15, -0.1) is 11.3 Å². The van der Waals surface area contributed by atoms with Crippen molar-refractivity contribution in [3.63, 3.8) is 0 Å². The van der Waals surface area contributed by atoms with E-state index in [2.05, 4.69) is 4.98 Å². The van der Waals surface area contributed by atoms with Crippen molar-refractivity contribution >= 4 is 28.9 Å². The first-order valence-corrected chi connectivity index (χ1v) is 6.30. The molecule has 0 radical (unpaired) electrons. The van der Waals surface area contributed by atoms with E-state index in [1.165, 1.54) is 11.3 Å². The topological polar surface area (TPSA) is 50.2 Å². The van der Waals surface area contributed by atoms with Gasteiger partial charge in [0.05, 0.1) is 5.69 Å². The number of carbonyl (C=O) groups is 1. The maximum atomic E-state index is 11.0. The van der Waals surface area contributed by atoms with Crippen LogP contribution >= 0.6 is 22.9 Å². The number of nitrogens with zero attached hydrogens (tertiary/aromatic N) is 1. The SMILES string of the molecule is CCc1nc(-c2cccc(Cl)c2)sc1C(=O)O. The number of carboxylic acids is 1. The molecule has 2 aromatic rings. The molecule has 17 heavy (non-hydrogen) atoms. The van der Waals surface area contributed by atoms with E-state index in [-0.39, 0.29) is 0 Å².